The van der Waals surface area contributed by atoms with Crippen molar-refractivity contribution in [1.82, 2.24) is 0 Å². The summed E-state index contributed by atoms with van der Waals surface area (Å²) in [6.45, 7) is 5.22. The quantitative estimate of drug-likeness (QED) is 0.0812. The Labute approximate surface area is 234 Å². The Morgan fingerprint density at radius 1 is 0.324 bits per heavy atom. The zero-order valence-corrected chi connectivity index (χ0v) is 25.8. The van der Waals surface area contributed by atoms with E-state index in [1.165, 1.54) is 161 Å². The molecule has 0 aliphatic heterocycles. The van der Waals surface area contributed by atoms with Crippen molar-refractivity contribution in [2.24, 2.45) is 0 Å². The highest BCUT2D eigenvalue weighted by Crippen LogP contribution is 2.15. The van der Waals surface area contributed by atoms with Crippen molar-refractivity contribution in [3.05, 3.63) is 0 Å². The van der Waals surface area contributed by atoms with Crippen LogP contribution in [0.25, 0.3) is 0 Å². The van der Waals surface area contributed by atoms with Gasteiger partial charge in [0.2, 0.25) is 0 Å². The van der Waals surface area contributed by atoms with Crippen LogP contribution in [0.5, 0.6) is 0 Å². The molecule has 0 heterocycles. The summed E-state index contributed by atoms with van der Waals surface area (Å²) in [4.78, 5) is 0. The summed E-state index contributed by atoms with van der Waals surface area (Å²) in [5.74, 6) is 0. The number of aliphatic hydroxyl groups is 3. The highest BCUT2D eigenvalue weighted by atomic mass is 16.3. The van der Waals surface area contributed by atoms with Gasteiger partial charge in [0, 0.05) is 13.2 Å². The molecule has 0 amide bonds. The van der Waals surface area contributed by atoms with Gasteiger partial charge in [0.25, 0.3) is 0 Å². The molecule has 0 aliphatic carbocycles. The number of unbranched alkanes of at least 4 members (excludes halogenated alkanes) is 24. The minimum absolute atomic E-state index is 0.0506. The average Bonchev–Trinajstić information content (AvgIpc) is 2.91. The van der Waals surface area contributed by atoms with E-state index in [0.717, 1.165) is 25.7 Å². The third kappa shape index (κ3) is 40.5. The second kappa shape index (κ2) is 38.0. The Hall–Kier alpha value is -0.120. The fourth-order valence-corrected chi connectivity index (χ4v) is 4.99. The standard InChI is InChI=1S/C18H38O2.C16H34O/c1-2-3-4-12-15-18(20)16-13-10-8-6-5-7-9-11-14-17-19;1-2-3-4-5-6-7-8-9-10-11-12-13-14-15-16-17/h18-20H,2-17H2,1H3;17H,2-16H2,1H3. The van der Waals surface area contributed by atoms with Crippen LogP contribution in [0.15, 0.2) is 0 Å². The smallest absolute Gasteiger partial charge is 0.0540 e. The number of rotatable bonds is 30. The Balaban J connectivity index is 0. The van der Waals surface area contributed by atoms with Crippen LogP contribution in [0, 0.1) is 0 Å². The molecule has 0 rings (SSSR count). The fraction of sp³-hybridized carbons (Fsp3) is 1.00. The molecule has 0 radical (unpaired) electrons. The maximum atomic E-state index is 9.85. The molecule has 0 spiro atoms. The van der Waals surface area contributed by atoms with Gasteiger partial charge in [0.05, 0.1) is 6.10 Å². The first-order valence-electron chi connectivity index (χ1n) is 17.1. The van der Waals surface area contributed by atoms with Gasteiger partial charge in [-0.15, -0.1) is 0 Å². The van der Waals surface area contributed by atoms with Gasteiger partial charge in [-0.1, -0.05) is 174 Å². The van der Waals surface area contributed by atoms with E-state index in [1.807, 2.05) is 0 Å². The van der Waals surface area contributed by atoms with Crippen LogP contribution in [0.2, 0.25) is 0 Å². The summed E-state index contributed by atoms with van der Waals surface area (Å²) in [6.07, 6.45) is 37.4. The highest BCUT2D eigenvalue weighted by Gasteiger charge is 2.03. The summed E-state index contributed by atoms with van der Waals surface area (Å²) in [6, 6.07) is 0. The Morgan fingerprint density at radius 3 is 0.811 bits per heavy atom. The summed E-state index contributed by atoms with van der Waals surface area (Å²) >= 11 is 0. The van der Waals surface area contributed by atoms with Crippen LogP contribution < -0.4 is 0 Å². The van der Waals surface area contributed by atoms with Gasteiger partial charge in [0.15, 0.2) is 0 Å². The topological polar surface area (TPSA) is 60.7 Å². The van der Waals surface area contributed by atoms with E-state index in [0.29, 0.717) is 13.2 Å². The van der Waals surface area contributed by atoms with E-state index in [2.05, 4.69) is 13.8 Å². The summed E-state index contributed by atoms with van der Waals surface area (Å²) < 4.78 is 0. The lowest BCUT2D eigenvalue weighted by Gasteiger charge is -2.10. The molecule has 226 valence electrons. The molecule has 0 saturated heterocycles. The second-order valence-corrected chi connectivity index (χ2v) is 11.5. The molecule has 1 unspecified atom stereocenters. The molecule has 1 atom stereocenters. The largest absolute Gasteiger partial charge is 0.396 e. The van der Waals surface area contributed by atoms with E-state index in [-0.39, 0.29) is 6.10 Å². The van der Waals surface area contributed by atoms with Crippen molar-refractivity contribution in [2.45, 2.75) is 206 Å². The molecule has 0 bridgehead atoms. The summed E-state index contributed by atoms with van der Waals surface area (Å²) in [5.41, 5.74) is 0. The van der Waals surface area contributed by atoms with Crippen molar-refractivity contribution >= 4 is 0 Å². The molecule has 0 aliphatic rings. The van der Waals surface area contributed by atoms with Gasteiger partial charge in [-0.25, -0.2) is 0 Å². The van der Waals surface area contributed by atoms with Crippen LogP contribution in [-0.2, 0) is 0 Å². The van der Waals surface area contributed by atoms with Crippen molar-refractivity contribution < 1.29 is 15.3 Å². The molecule has 3 N–H and O–H groups in total. The molecule has 0 aromatic heterocycles. The molecule has 0 fully saturated rings. The van der Waals surface area contributed by atoms with E-state index >= 15 is 0 Å². The fourth-order valence-electron chi connectivity index (χ4n) is 4.99. The normalized spacial score (nSPS) is 11.9. The molecule has 3 nitrogen and oxygen atoms in total. The Morgan fingerprint density at radius 2 is 0.541 bits per heavy atom. The second-order valence-electron chi connectivity index (χ2n) is 11.5. The molecular weight excluding hydrogens is 456 g/mol. The SMILES string of the molecule is CCCCCCC(O)CCCCCCCCCCCO.CCCCCCCCCCCCCCCCO. The zero-order chi connectivity index (χ0) is 27.5. The highest BCUT2D eigenvalue weighted by molar-refractivity contribution is 4.57. The van der Waals surface area contributed by atoms with E-state index < -0.39 is 0 Å². The van der Waals surface area contributed by atoms with Crippen LogP contribution >= 0.6 is 0 Å². The van der Waals surface area contributed by atoms with Crippen molar-refractivity contribution in [2.75, 3.05) is 13.2 Å². The van der Waals surface area contributed by atoms with E-state index in [9.17, 15) is 5.11 Å². The predicted octanol–water partition coefficient (Wildman–Crippen LogP) is 10.7. The first-order valence-corrected chi connectivity index (χ1v) is 17.1. The van der Waals surface area contributed by atoms with Crippen LogP contribution in [0.4, 0.5) is 0 Å². The van der Waals surface area contributed by atoms with Crippen LogP contribution in [0.3, 0.4) is 0 Å². The lowest BCUT2D eigenvalue weighted by molar-refractivity contribution is 0.147. The van der Waals surface area contributed by atoms with Gasteiger partial charge in [-0.2, -0.15) is 0 Å². The first-order chi connectivity index (χ1) is 18.2. The summed E-state index contributed by atoms with van der Waals surface area (Å²) in [5, 5.41) is 27.2. The molecule has 0 aromatic carbocycles. The van der Waals surface area contributed by atoms with Crippen molar-refractivity contribution in [3.8, 4) is 0 Å². The minimum Gasteiger partial charge on any atom is -0.396 e. The van der Waals surface area contributed by atoms with E-state index in [4.69, 9.17) is 10.2 Å². The van der Waals surface area contributed by atoms with Gasteiger partial charge in [-0.05, 0) is 25.7 Å². The summed E-state index contributed by atoms with van der Waals surface area (Å²) in [7, 11) is 0. The molecule has 0 aromatic rings. The molecular formula is C34H72O3. The molecule has 37 heavy (non-hydrogen) atoms. The Bertz CT molecular complexity index is 347. The molecule has 0 saturated carbocycles. The minimum atomic E-state index is -0.0506. The van der Waals surface area contributed by atoms with Crippen LogP contribution in [0.1, 0.15) is 200 Å². The van der Waals surface area contributed by atoms with Crippen molar-refractivity contribution in [1.29, 1.82) is 0 Å². The van der Waals surface area contributed by atoms with Crippen LogP contribution in [-0.4, -0.2) is 34.6 Å². The molecule has 3 heteroatoms. The Kier molecular flexibility index (Phi) is 40.1. The van der Waals surface area contributed by atoms with Crippen molar-refractivity contribution in [3.63, 3.8) is 0 Å². The predicted molar refractivity (Wildman–Crippen MR) is 165 cm³/mol. The monoisotopic (exact) mass is 529 g/mol. The van der Waals surface area contributed by atoms with E-state index in [1.54, 1.807) is 0 Å². The number of aliphatic hydroxyl groups excluding tert-OH is 3. The number of hydrogen-bond donors (Lipinski definition) is 3. The van der Waals surface area contributed by atoms with Gasteiger partial charge in [0.1, 0.15) is 0 Å². The average molecular weight is 529 g/mol. The lowest BCUT2D eigenvalue weighted by atomic mass is 10.0. The van der Waals surface area contributed by atoms with Gasteiger partial charge < -0.3 is 15.3 Å². The lowest BCUT2D eigenvalue weighted by Crippen LogP contribution is -2.05. The third-order valence-electron chi connectivity index (χ3n) is 7.60. The van der Waals surface area contributed by atoms with Gasteiger partial charge in [-0.3, -0.25) is 0 Å². The first kappa shape index (κ1) is 39.0. The number of hydrogen-bond acceptors (Lipinski definition) is 3. The zero-order valence-electron chi connectivity index (χ0n) is 25.8. The maximum Gasteiger partial charge on any atom is 0.0540 e. The third-order valence-corrected chi connectivity index (χ3v) is 7.60. The van der Waals surface area contributed by atoms with Gasteiger partial charge >= 0.3 is 0 Å². The maximum absolute atomic E-state index is 9.85.